The molecule has 4 rings (SSSR count). The van der Waals surface area contributed by atoms with Crippen molar-refractivity contribution in [3.05, 3.63) is 154 Å². The molecule has 3 aromatic rings. The second-order valence-corrected chi connectivity index (χ2v) is 11.7. The molecule has 3 aromatic carbocycles. The highest BCUT2D eigenvalue weighted by Gasteiger charge is 2.35. The molecular formula is C36H32IN3O4S. The van der Waals surface area contributed by atoms with Crippen molar-refractivity contribution in [3.63, 3.8) is 0 Å². The maximum atomic E-state index is 13.9. The number of carbonyl (C=O) groups excluding carboxylic acids is 3. The van der Waals surface area contributed by atoms with Gasteiger partial charge in [-0.25, -0.2) is 0 Å². The Kier molecular flexibility index (Phi) is 12.3. The number of nitrogens with zero attached hydrogens (tertiary/aromatic N) is 2. The molecule has 1 aliphatic heterocycles. The largest absolute Gasteiger partial charge is 0.488 e. The molecule has 228 valence electrons. The van der Waals surface area contributed by atoms with Crippen LogP contribution in [0.15, 0.2) is 139 Å². The van der Waals surface area contributed by atoms with Crippen LogP contribution in [0, 0.1) is 3.57 Å². The summed E-state index contributed by atoms with van der Waals surface area (Å²) in [4.78, 5) is 46.1. The van der Waals surface area contributed by atoms with E-state index in [2.05, 4.69) is 46.1 Å². The summed E-state index contributed by atoms with van der Waals surface area (Å²) in [6.45, 7) is 9.52. The van der Waals surface area contributed by atoms with E-state index in [0.717, 1.165) is 26.5 Å². The van der Waals surface area contributed by atoms with Crippen LogP contribution in [-0.2, 0) is 14.4 Å². The number of nitrogens with one attached hydrogen (secondary N) is 1. The lowest BCUT2D eigenvalue weighted by molar-refractivity contribution is -0.126. The highest BCUT2D eigenvalue weighted by molar-refractivity contribution is 14.1. The van der Waals surface area contributed by atoms with E-state index in [0.29, 0.717) is 23.6 Å². The van der Waals surface area contributed by atoms with Gasteiger partial charge >= 0.3 is 0 Å². The number of benzene rings is 3. The molecule has 0 spiro atoms. The number of halogens is 1. The molecule has 0 aliphatic carbocycles. The van der Waals surface area contributed by atoms with Gasteiger partial charge in [-0.1, -0.05) is 116 Å². The first kappa shape index (κ1) is 33.4. The fourth-order valence-corrected chi connectivity index (χ4v) is 5.94. The monoisotopic (exact) mass is 729 g/mol. The lowest BCUT2D eigenvalue weighted by Crippen LogP contribution is -2.42. The molecule has 0 fully saturated rings. The first-order valence-corrected chi connectivity index (χ1v) is 16.1. The van der Waals surface area contributed by atoms with E-state index >= 15 is 0 Å². The zero-order valence-electron chi connectivity index (χ0n) is 24.7. The third kappa shape index (κ3) is 8.80. The second-order valence-electron chi connectivity index (χ2n) is 9.61. The number of amidine groups is 1. The Balaban J connectivity index is 1.61. The molecular weight excluding hydrogens is 697 g/mol. The molecule has 0 saturated carbocycles. The van der Waals surface area contributed by atoms with Crippen LogP contribution >= 0.6 is 34.4 Å². The lowest BCUT2D eigenvalue weighted by atomic mass is 9.99. The van der Waals surface area contributed by atoms with Gasteiger partial charge in [-0.15, -0.1) is 0 Å². The molecule has 1 heterocycles. The number of hydrogen-bond donors (Lipinski definition) is 1. The highest BCUT2D eigenvalue weighted by Crippen LogP contribution is 2.29. The molecule has 0 bridgehead atoms. The normalized spacial score (nSPS) is 14.6. The SMILES string of the molecule is C=C/C=C\C(=C/C)N1C(=O)/C(=C/c2ccc(OCC=C)c(I)c2)C(=O)N=C1SCC(=O)NC(c1ccccc1)c1ccccc1. The number of ether oxygens (including phenoxy) is 1. The quantitative estimate of drug-likeness (QED) is 0.0698. The van der Waals surface area contributed by atoms with Gasteiger partial charge in [-0.2, -0.15) is 4.99 Å². The van der Waals surface area contributed by atoms with E-state index in [9.17, 15) is 14.4 Å². The molecule has 45 heavy (non-hydrogen) atoms. The Morgan fingerprint density at radius 3 is 2.29 bits per heavy atom. The molecule has 1 aliphatic rings. The summed E-state index contributed by atoms with van der Waals surface area (Å²) in [5.41, 5.74) is 2.89. The Morgan fingerprint density at radius 2 is 1.71 bits per heavy atom. The summed E-state index contributed by atoms with van der Waals surface area (Å²) in [5, 5.41) is 3.20. The number of hydrogen-bond acceptors (Lipinski definition) is 5. The molecule has 0 aromatic heterocycles. The van der Waals surface area contributed by atoms with Gasteiger partial charge in [0, 0.05) is 5.70 Å². The van der Waals surface area contributed by atoms with Crippen LogP contribution in [0.25, 0.3) is 6.08 Å². The van der Waals surface area contributed by atoms with Gasteiger partial charge in [0.2, 0.25) is 5.91 Å². The van der Waals surface area contributed by atoms with Gasteiger partial charge in [0.1, 0.15) is 17.9 Å². The Morgan fingerprint density at radius 1 is 1.04 bits per heavy atom. The topological polar surface area (TPSA) is 88.1 Å². The number of thioether (sulfide) groups is 1. The number of allylic oxidation sites excluding steroid dienone is 4. The highest BCUT2D eigenvalue weighted by atomic mass is 127. The van der Waals surface area contributed by atoms with Crippen LogP contribution in [0.2, 0.25) is 0 Å². The summed E-state index contributed by atoms with van der Waals surface area (Å²) in [6, 6.07) is 24.3. The predicted octanol–water partition coefficient (Wildman–Crippen LogP) is 7.25. The summed E-state index contributed by atoms with van der Waals surface area (Å²) in [5.74, 6) is -0.914. The van der Waals surface area contributed by atoms with Gasteiger partial charge in [-0.3, -0.25) is 19.3 Å². The van der Waals surface area contributed by atoms with Crippen LogP contribution in [0.5, 0.6) is 5.75 Å². The minimum absolute atomic E-state index is 0.0718. The van der Waals surface area contributed by atoms with E-state index in [1.54, 1.807) is 49.4 Å². The average molecular weight is 730 g/mol. The van der Waals surface area contributed by atoms with Crippen molar-refractivity contribution in [1.82, 2.24) is 10.2 Å². The van der Waals surface area contributed by atoms with Gasteiger partial charge in [-0.05, 0) is 70.5 Å². The summed E-state index contributed by atoms with van der Waals surface area (Å²) < 4.78 is 6.45. The molecule has 0 saturated heterocycles. The molecule has 0 unspecified atom stereocenters. The van der Waals surface area contributed by atoms with E-state index < -0.39 is 11.8 Å². The van der Waals surface area contributed by atoms with Crippen molar-refractivity contribution in [3.8, 4) is 5.75 Å². The van der Waals surface area contributed by atoms with Gasteiger partial charge in [0.05, 0.1) is 15.4 Å². The van der Waals surface area contributed by atoms with Crippen LogP contribution in [0.1, 0.15) is 29.7 Å². The van der Waals surface area contributed by atoms with Crippen molar-refractivity contribution < 1.29 is 19.1 Å². The van der Waals surface area contributed by atoms with E-state index in [4.69, 9.17) is 4.74 Å². The van der Waals surface area contributed by atoms with Crippen molar-refractivity contribution in [2.24, 2.45) is 4.99 Å². The van der Waals surface area contributed by atoms with Crippen LogP contribution in [0.4, 0.5) is 0 Å². The van der Waals surface area contributed by atoms with E-state index in [-0.39, 0.29) is 28.4 Å². The molecule has 0 atom stereocenters. The third-order valence-electron chi connectivity index (χ3n) is 6.54. The maximum Gasteiger partial charge on any atom is 0.285 e. The van der Waals surface area contributed by atoms with Crippen molar-refractivity contribution in [1.29, 1.82) is 0 Å². The number of carbonyl (C=O) groups is 3. The predicted molar refractivity (Wildman–Crippen MR) is 191 cm³/mol. The fraction of sp³-hybridized carbons (Fsp3) is 0.111. The number of amides is 3. The van der Waals surface area contributed by atoms with Crippen molar-refractivity contribution >= 4 is 63.3 Å². The van der Waals surface area contributed by atoms with Crippen molar-refractivity contribution in [2.45, 2.75) is 13.0 Å². The Bertz CT molecular complexity index is 1660. The molecule has 0 radical (unpaired) electrons. The smallest absolute Gasteiger partial charge is 0.285 e. The zero-order chi connectivity index (χ0) is 32.2. The molecule has 1 N–H and O–H groups in total. The van der Waals surface area contributed by atoms with Crippen molar-refractivity contribution in [2.75, 3.05) is 12.4 Å². The number of aliphatic imine (C=N–C) groups is 1. The zero-order valence-corrected chi connectivity index (χ0v) is 27.7. The fourth-order valence-electron chi connectivity index (χ4n) is 4.43. The molecule has 7 nitrogen and oxygen atoms in total. The van der Waals surface area contributed by atoms with Crippen LogP contribution in [-0.4, -0.2) is 40.1 Å². The maximum absolute atomic E-state index is 13.9. The van der Waals surface area contributed by atoms with E-state index in [1.807, 2.05) is 66.7 Å². The standard InChI is InChI=1S/C36H32IN3O4S/c1-4-7-18-28(6-3)40-35(43)29(22-25-19-20-31(30(37)23-25)44-21-5-2)34(42)39-36(40)45-24-32(41)38-33(26-14-10-8-11-15-26)27-16-12-9-13-17-27/h4-20,22-23,33H,1-2,21,24H2,3H3,(H,38,41)/b18-7-,28-6+,29-22+. The average Bonchev–Trinajstić information content (AvgIpc) is 3.06. The van der Waals surface area contributed by atoms with Crippen LogP contribution in [0.3, 0.4) is 0 Å². The lowest BCUT2D eigenvalue weighted by Gasteiger charge is -2.28. The first-order chi connectivity index (χ1) is 21.9. The summed E-state index contributed by atoms with van der Waals surface area (Å²) >= 11 is 3.16. The number of rotatable bonds is 12. The molecule has 9 heteroatoms. The Labute approximate surface area is 281 Å². The van der Waals surface area contributed by atoms with Crippen LogP contribution < -0.4 is 10.1 Å². The first-order valence-electron chi connectivity index (χ1n) is 14.1. The summed E-state index contributed by atoms with van der Waals surface area (Å²) in [7, 11) is 0. The third-order valence-corrected chi connectivity index (χ3v) is 8.32. The molecule has 3 amide bonds. The Hall–Kier alpha value is -4.48. The van der Waals surface area contributed by atoms with Gasteiger partial charge < -0.3 is 10.1 Å². The van der Waals surface area contributed by atoms with Gasteiger partial charge in [0.15, 0.2) is 5.17 Å². The second kappa shape index (κ2) is 16.6. The van der Waals surface area contributed by atoms with Gasteiger partial charge in [0.25, 0.3) is 11.8 Å². The minimum Gasteiger partial charge on any atom is -0.488 e. The van der Waals surface area contributed by atoms with E-state index in [1.165, 1.54) is 11.0 Å². The summed E-state index contributed by atoms with van der Waals surface area (Å²) in [6.07, 6.45) is 9.88. The minimum atomic E-state index is -0.684.